The van der Waals surface area contributed by atoms with Crippen molar-refractivity contribution >= 4 is 19.2 Å². The molecule has 21 heavy (non-hydrogen) atoms. The van der Waals surface area contributed by atoms with Crippen LogP contribution in [0.1, 0.15) is 17.5 Å². The Morgan fingerprint density at radius 1 is 1.00 bits per heavy atom. The van der Waals surface area contributed by atoms with Gasteiger partial charge in [0, 0.05) is 13.5 Å². The van der Waals surface area contributed by atoms with Crippen LogP contribution in [0.15, 0.2) is 60.7 Å². The predicted molar refractivity (Wildman–Crippen MR) is 91.4 cm³/mol. The predicted octanol–water partition coefficient (Wildman–Crippen LogP) is 3.06. The van der Waals surface area contributed by atoms with Gasteiger partial charge < -0.3 is 5.32 Å². The molecule has 0 aliphatic heterocycles. The molecule has 110 valence electrons. The first kappa shape index (κ1) is 15.5. The summed E-state index contributed by atoms with van der Waals surface area (Å²) < 4.78 is 0. The highest BCUT2D eigenvalue weighted by molar-refractivity contribution is 6.91. The Balaban J connectivity index is 2.41. The lowest BCUT2D eigenvalue weighted by molar-refractivity contribution is -0.120. The first-order valence-corrected chi connectivity index (χ1v) is 10.4. The summed E-state index contributed by atoms with van der Waals surface area (Å²) in [7, 11) is -0.0798. The highest BCUT2D eigenvalue weighted by atomic mass is 28.3. The molecular weight excluding hydrogens is 274 g/mol. The van der Waals surface area contributed by atoms with E-state index in [1.54, 1.807) is 7.05 Å². The fraction of sp³-hybridized carbons (Fsp3) is 0.278. The van der Waals surface area contributed by atoms with Gasteiger partial charge in [-0.1, -0.05) is 78.9 Å². The Kier molecular flexibility index (Phi) is 4.97. The fourth-order valence-electron chi connectivity index (χ4n) is 2.83. The zero-order valence-electron chi connectivity index (χ0n) is 13.0. The van der Waals surface area contributed by atoms with Crippen LogP contribution in [0, 0.1) is 0 Å². The quantitative estimate of drug-likeness (QED) is 0.844. The summed E-state index contributed by atoms with van der Waals surface area (Å²) in [6.07, 6.45) is 0.550. The van der Waals surface area contributed by atoms with Gasteiger partial charge in [0.05, 0.1) is 8.07 Å². The zero-order valence-corrected chi connectivity index (χ0v) is 14.0. The fourth-order valence-corrected chi connectivity index (χ4v) is 6.01. The van der Waals surface area contributed by atoms with Crippen LogP contribution in [-0.2, 0) is 4.79 Å². The SMILES string of the molecule is CNC(=O)CC(c1ccccc1)[Si](C)(C)c1ccccc1. The largest absolute Gasteiger partial charge is 0.359 e. The molecule has 0 saturated heterocycles. The molecular formula is C18H23NOSi. The maximum absolute atomic E-state index is 12.0. The van der Waals surface area contributed by atoms with Crippen molar-refractivity contribution in [2.45, 2.75) is 25.1 Å². The molecule has 2 nitrogen and oxygen atoms in total. The van der Waals surface area contributed by atoms with Crippen molar-refractivity contribution < 1.29 is 4.79 Å². The molecule has 1 N–H and O–H groups in total. The Labute approximate surface area is 128 Å². The molecule has 2 aromatic rings. The lowest BCUT2D eigenvalue weighted by Gasteiger charge is -2.33. The van der Waals surface area contributed by atoms with E-state index in [4.69, 9.17) is 0 Å². The number of carbonyl (C=O) groups is 1. The number of hydrogen-bond acceptors (Lipinski definition) is 1. The van der Waals surface area contributed by atoms with Gasteiger partial charge in [0.2, 0.25) is 5.91 Å². The minimum atomic E-state index is -1.79. The summed E-state index contributed by atoms with van der Waals surface area (Å²) in [5.41, 5.74) is 1.54. The highest BCUT2D eigenvalue weighted by Crippen LogP contribution is 2.30. The van der Waals surface area contributed by atoms with Gasteiger partial charge >= 0.3 is 0 Å². The third-order valence-electron chi connectivity index (χ3n) is 4.26. The van der Waals surface area contributed by atoms with E-state index in [1.165, 1.54) is 10.8 Å². The molecule has 1 unspecified atom stereocenters. The van der Waals surface area contributed by atoms with Crippen LogP contribution in [0.2, 0.25) is 13.1 Å². The minimum Gasteiger partial charge on any atom is -0.359 e. The molecule has 0 fully saturated rings. The molecule has 2 rings (SSSR count). The number of hydrogen-bond donors (Lipinski definition) is 1. The lowest BCUT2D eigenvalue weighted by atomic mass is 10.1. The van der Waals surface area contributed by atoms with Crippen LogP contribution >= 0.6 is 0 Å². The van der Waals surface area contributed by atoms with Crippen molar-refractivity contribution in [1.82, 2.24) is 5.32 Å². The van der Waals surface area contributed by atoms with E-state index in [1.807, 2.05) is 12.1 Å². The highest BCUT2D eigenvalue weighted by Gasteiger charge is 2.35. The van der Waals surface area contributed by atoms with Gasteiger partial charge in [-0.25, -0.2) is 0 Å². The summed E-state index contributed by atoms with van der Waals surface area (Å²) in [5.74, 6) is 0.111. The number of nitrogens with one attached hydrogen (secondary N) is 1. The first-order chi connectivity index (χ1) is 10.1. The van der Waals surface area contributed by atoms with Gasteiger partial charge in [-0.3, -0.25) is 4.79 Å². The van der Waals surface area contributed by atoms with E-state index in [0.29, 0.717) is 6.42 Å². The molecule has 0 spiro atoms. The van der Waals surface area contributed by atoms with Crippen molar-refractivity contribution in [2.75, 3.05) is 7.05 Å². The molecule has 0 aromatic heterocycles. The summed E-state index contributed by atoms with van der Waals surface area (Å²) in [4.78, 5) is 12.0. The first-order valence-electron chi connectivity index (χ1n) is 7.36. The third kappa shape index (κ3) is 3.61. The second-order valence-electron chi connectivity index (χ2n) is 5.93. The van der Waals surface area contributed by atoms with Crippen molar-refractivity contribution in [2.24, 2.45) is 0 Å². The van der Waals surface area contributed by atoms with E-state index in [-0.39, 0.29) is 11.4 Å². The molecule has 0 saturated carbocycles. The number of carbonyl (C=O) groups excluding carboxylic acids is 1. The molecule has 0 aliphatic rings. The summed E-state index contributed by atoms with van der Waals surface area (Å²) in [6, 6.07) is 21.1. The second kappa shape index (κ2) is 6.72. The number of benzene rings is 2. The monoisotopic (exact) mass is 297 g/mol. The molecule has 0 bridgehead atoms. The Morgan fingerprint density at radius 2 is 1.52 bits per heavy atom. The average molecular weight is 297 g/mol. The average Bonchev–Trinajstić information content (AvgIpc) is 2.53. The minimum absolute atomic E-state index is 0.111. The van der Waals surface area contributed by atoms with Crippen LogP contribution in [0.25, 0.3) is 0 Å². The maximum atomic E-state index is 12.0. The van der Waals surface area contributed by atoms with Gasteiger partial charge in [0.15, 0.2) is 0 Å². The Bertz CT molecular complexity index is 581. The molecule has 0 radical (unpaired) electrons. The van der Waals surface area contributed by atoms with Crippen molar-refractivity contribution in [3.63, 3.8) is 0 Å². The van der Waals surface area contributed by atoms with E-state index in [9.17, 15) is 4.79 Å². The zero-order chi connectivity index (χ0) is 15.3. The van der Waals surface area contributed by atoms with Crippen LogP contribution in [0.4, 0.5) is 0 Å². The van der Waals surface area contributed by atoms with E-state index in [2.05, 4.69) is 66.9 Å². The molecule has 0 heterocycles. The topological polar surface area (TPSA) is 29.1 Å². The molecule has 1 amide bonds. The van der Waals surface area contributed by atoms with Gasteiger partial charge in [-0.2, -0.15) is 0 Å². The number of amides is 1. The van der Waals surface area contributed by atoms with Crippen LogP contribution < -0.4 is 10.5 Å². The smallest absolute Gasteiger partial charge is 0.220 e. The van der Waals surface area contributed by atoms with Crippen LogP contribution in [-0.4, -0.2) is 21.0 Å². The molecule has 0 aliphatic carbocycles. The maximum Gasteiger partial charge on any atom is 0.220 e. The van der Waals surface area contributed by atoms with Gasteiger partial charge in [0.25, 0.3) is 0 Å². The lowest BCUT2D eigenvalue weighted by Crippen LogP contribution is -2.49. The molecule has 3 heteroatoms. The Morgan fingerprint density at radius 3 is 2.05 bits per heavy atom. The van der Waals surface area contributed by atoms with E-state index >= 15 is 0 Å². The third-order valence-corrected chi connectivity index (χ3v) is 8.36. The normalized spacial score (nSPS) is 12.7. The van der Waals surface area contributed by atoms with Crippen LogP contribution in [0.5, 0.6) is 0 Å². The second-order valence-corrected chi connectivity index (χ2v) is 10.6. The van der Waals surface area contributed by atoms with Crippen molar-refractivity contribution in [3.05, 3.63) is 66.2 Å². The molecule has 2 aromatic carbocycles. The Hall–Kier alpha value is -1.87. The van der Waals surface area contributed by atoms with E-state index < -0.39 is 8.07 Å². The van der Waals surface area contributed by atoms with Crippen LogP contribution in [0.3, 0.4) is 0 Å². The van der Waals surface area contributed by atoms with E-state index in [0.717, 1.165) is 0 Å². The van der Waals surface area contributed by atoms with Crippen molar-refractivity contribution in [1.29, 1.82) is 0 Å². The van der Waals surface area contributed by atoms with Gasteiger partial charge in [0.1, 0.15) is 0 Å². The van der Waals surface area contributed by atoms with Crippen molar-refractivity contribution in [3.8, 4) is 0 Å². The van der Waals surface area contributed by atoms with Gasteiger partial charge in [-0.15, -0.1) is 0 Å². The standard InChI is InChI=1S/C18H23NOSi/c1-19-18(20)14-17(15-10-6-4-7-11-15)21(2,3)16-12-8-5-9-13-16/h4-13,17H,14H2,1-3H3,(H,19,20). The molecule has 1 atom stereocenters. The summed E-state index contributed by atoms with van der Waals surface area (Å²) >= 11 is 0. The van der Waals surface area contributed by atoms with Gasteiger partial charge in [-0.05, 0) is 11.1 Å². The summed E-state index contributed by atoms with van der Waals surface area (Å²) in [6.45, 7) is 4.70. The summed E-state index contributed by atoms with van der Waals surface area (Å²) in [5, 5.41) is 4.16. The number of rotatable bonds is 5.